The number of aliphatic hydroxyl groups is 1. The van der Waals surface area contributed by atoms with E-state index in [0.29, 0.717) is 25.1 Å². The molecule has 3 N–H and O–H groups in total. The predicted octanol–water partition coefficient (Wildman–Crippen LogP) is 3.06. The highest BCUT2D eigenvalue weighted by Gasteiger charge is 2.04. The minimum Gasteiger partial charge on any atom is -0.396 e. The standard InChI is InChI=1S/C17H19ClN2O2/c18-16-5-2-1-4-14(16)12-20-15-8-6-13(7-9-15)17(22)19-10-3-11-21/h1-2,4-9,20-21H,3,10-12H2,(H,19,22). The topological polar surface area (TPSA) is 61.4 Å². The largest absolute Gasteiger partial charge is 0.396 e. The Hall–Kier alpha value is -2.04. The van der Waals surface area contributed by atoms with Crippen LogP contribution in [0.1, 0.15) is 22.3 Å². The van der Waals surface area contributed by atoms with Crippen molar-refractivity contribution in [2.75, 3.05) is 18.5 Å². The Kier molecular flexibility index (Phi) is 6.25. The minimum atomic E-state index is -0.133. The molecule has 0 saturated carbocycles. The zero-order chi connectivity index (χ0) is 15.8. The van der Waals surface area contributed by atoms with Gasteiger partial charge in [0, 0.05) is 36.0 Å². The molecule has 0 bridgehead atoms. The second-order valence-corrected chi connectivity index (χ2v) is 5.26. The van der Waals surface area contributed by atoms with Gasteiger partial charge < -0.3 is 15.7 Å². The third-order valence-electron chi connectivity index (χ3n) is 3.21. The summed E-state index contributed by atoms with van der Waals surface area (Å²) in [4.78, 5) is 11.8. The number of halogens is 1. The molecule has 5 heteroatoms. The Morgan fingerprint density at radius 2 is 1.82 bits per heavy atom. The van der Waals surface area contributed by atoms with Crippen LogP contribution in [-0.4, -0.2) is 24.2 Å². The third kappa shape index (κ3) is 4.76. The highest BCUT2D eigenvalue weighted by molar-refractivity contribution is 6.31. The lowest BCUT2D eigenvalue weighted by molar-refractivity contribution is 0.0951. The van der Waals surface area contributed by atoms with Crippen LogP contribution >= 0.6 is 11.6 Å². The van der Waals surface area contributed by atoms with Crippen molar-refractivity contribution in [3.8, 4) is 0 Å². The lowest BCUT2D eigenvalue weighted by atomic mass is 10.1. The Balaban J connectivity index is 1.89. The SMILES string of the molecule is O=C(NCCCO)c1ccc(NCc2ccccc2Cl)cc1. The lowest BCUT2D eigenvalue weighted by Crippen LogP contribution is -2.24. The highest BCUT2D eigenvalue weighted by Crippen LogP contribution is 2.17. The minimum absolute atomic E-state index is 0.0746. The van der Waals surface area contributed by atoms with Crippen molar-refractivity contribution in [2.24, 2.45) is 0 Å². The van der Waals surface area contributed by atoms with E-state index in [2.05, 4.69) is 10.6 Å². The van der Waals surface area contributed by atoms with E-state index in [1.165, 1.54) is 0 Å². The molecule has 116 valence electrons. The summed E-state index contributed by atoms with van der Waals surface area (Å²) in [6, 6.07) is 14.9. The Bertz CT molecular complexity index is 614. The molecule has 2 aromatic carbocycles. The van der Waals surface area contributed by atoms with Crippen molar-refractivity contribution in [3.63, 3.8) is 0 Å². The van der Waals surface area contributed by atoms with Gasteiger partial charge in [-0.15, -0.1) is 0 Å². The molecular weight excluding hydrogens is 300 g/mol. The molecule has 2 rings (SSSR count). The third-order valence-corrected chi connectivity index (χ3v) is 3.58. The van der Waals surface area contributed by atoms with Crippen molar-refractivity contribution in [1.29, 1.82) is 0 Å². The Morgan fingerprint density at radius 3 is 2.50 bits per heavy atom. The van der Waals surface area contributed by atoms with Gasteiger partial charge in [0.25, 0.3) is 5.91 Å². The summed E-state index contributed by atoms with van der Waals surface area (Å²) in [5.41, 5.74) is 2.54. The quantitative estimate of drug-likeness (QED) is 0.688. The number of hydrogen-bond acceptors (Lipinski definition) is 3. The van der Waals surface area contributed by atoms with E-state index in [4.69, 9.17) is 16.7 Å². The van der Waals surface area contributed by atoms with Crippen LogP contribution in [0.4, 0.5) is 5.69 Å². The maximum absolute atomic E-state index is 11.8. The molecule has 0 heterocycles. The first-order valence-corrected chi connectivity index (χ1v) is 7.55. The van der Waals surface area contributed by atoms with Crippen molar-refractivity contribution in [1.82, 2.24) is 5.32 Å². The number of aliphatic hydroxyl groups excluding tert-OH is 1. The van der Waals surface area contributed by atoms with E-state index in [1.807, 2.05) is 36.4 Å². The lowest BCUT2D eigenvalue weighted by Gasteiger charge is -2.09. The van der Waals surface area contributed by atoms with Crippen LogP contribution in [0.5, 0.6) is 0 Å². The second kappa shape index (κ2) is 8.41. The summed E-state index contributed by atoms with van der Waals surface area (Å²) in [6.07, 6.45) is 0.559. The normalized spacial score (nSPS) is 10.3. The van der Waals surface area contributed by atoms with Crippen molar-refractivity contribution >= 4 is 23.2 Å². The van der Waals surface area contributed by atoms with Crippen molar-refractivity contribution < 1.29 is 9.90 Å². The molecule has 0 aliphatic heterocycles. The monoisotopic (exact) mass is 318 g/mol. The van der Waals surface area contributed by atoms with Gasteiger partial charge in [0.15, 0.2) is 0 Å². The average molecular weight is 319 g/mol. The Morgan fingerprint density at radius 1 is 1.09 bits per heavy atom. The van der Waals surface area contributed by atoms with E-state index >= 15 is 0 Å². The maximum Gasteiger partial charge on any atom is 0.251 e. The van der Waals surface area contributed by atoms with Gasteiger partial charge in [-0.2, -0.15) is 0 Å². The number of amides is 1. The van der Waals surface area contributed by atoms with Crippen LogP contribution in [0, 0.1) is 0 Å². The van der Waals surface area contributed by atoms with Crippen LogP contribution in [-0.2, 0) is 6.54 Å². The first kappa shape index (κ1) is 16.3. The smallest absolute Gasteiger partial charge is 0.251 e. The van der Waals surface area contributed by atoms with Crippen molar-refractivity contribution in [2.45, 2.75) is 13.0 Å². The molecule has 0 radical (unpaired) electrons. The first-order valence-electron chi connectivity index (χ1n) is 7.17. The summed E-state index contributed by atoms with van der Waals surface area (Å²) in [7, 11) is 0. The molecule has 0 atom stereocenters. The summed E-state index contributed by atoms with van der Waals surface area (Å²) >= 11 is 6.11. The molecule has 22 heavy (non-hydrogen) atoms. The van der Waals surface area contributed by atoms with E-state index < -0.39 is 0 Å². The summed E-state index contributed by atoms with van der Waals surface area (Å²) < 4.78 is 0. The van der Waals surface area contributed by atoms with E-state index in [9.17, 15) is 4.79 Å². The number of carbonyl (C=O) groups is 1. The maximum atomic E-state index is 11.8. The molecule has 4 nitrogen and oxygen atoms in total. The van der Waals surface area contributed by atoms with Gasteiger partial charge >= 0.3 is 0 Å². The molecule has 0 aromatic heterocycles. The van der Waals surface area contributed by atoms with E-state index in [0.717, 1.165) is 16.3 Å². The van der Waals surface area contributed by atoms with Gasteiger partial charge in [0.1, 0.15) is 0 Å². The predicted molar refractivity (Wildman–Crippen MR) is 89.3 cm³/mol. The second-order valence-electron chi connectivity index (χ2n) is 4.86. The molecule has 0 spiro atoms. The van der Waals surface area contributed by atoms with Gasteiger partial charge in [-0.05, 0) is 42.3 Å². The number of rotatable bonds is 7. The number of carbonyl (C=O) groups excluding carboxylic acids is 1. The number of benzene rings is 2. The summed E-state index contributed by atoms with van der Waals surface area (Å²) in [6.45, 7) is 1.18. The first-order chi connectivity index (χ1) is 10.7. The zero-order valence-corrected chi connectivity index (χ0v) is 12.9. The van der Waals surface area contributed by atoms with Gasteiger partial charge in [-0.1, -0.05) is 29.8 Å². The van der Waals surface area contributed by atoms with Crippen LogP contribution in [0.2, 0.25) is 5.02 Å². The molecule has 2 aromatic rings. The number of hydrogen-bond donors (Lipinski definition) is 3. The molecule has 0 fully saturated rings. The molecule has 0 unspecified atom stereocenters. The molecule has 0 aliphatic carbocycles. The number of anilines is 1. The van der Waals surface area contributed by atoms with Crippen LogP contribution < -0.4 is 10.6 Å². The fourth-order valence-electron chi connectivity index (χ4n) is 1.96. The zero-order valence-electron chi connectivity index (χ0n) is 12.2. The Labute approximate surface area is 135 Å². The van der Waals surface area contributed by atoms with Crippen LogP contribution in [0.15, 0.2) is 48.5 Å². The average Bonchev–Trinajstić information content (AvgIpc) is 2.55. The molecule has 0 saturated heterocycles. The molecule has 1 amide bonds. The fraction of sp³-hybridized carbons (Fsp3) is 0.235. The highest BCUT2D eigenvalue weighted by atomic mass is 35.5. The molecular formula is C17H19ClN2O2. The van der Waals surface area contributed by atoms with Gasteiger partial charge in [-0.3, -0.25) is 4.79 Å². The van der Waals surface area contributed by atoms with Crippen LogP contribution in [0.25, 0.3) is 0 Å². The number of nitrogens with one attached hydrogen (secondary N) is 2. The summed E-state index contributed by atoms with van der Waals surface area (Å²) in [5.74, 6) is -0.133. The van der Waals surface area contributed by atoms with E-state index in [-0.39, 0.29) is 12.5 Å². The van der Waals surface area contributed by atoms with Gasteiger partial charge in [0.2, 0.25) is 0 Å². The van der Waals surface area contributed by atoms with Crippen molar-refractivity contribution in [3.05, 3.63) is 64.7 Å². The van der Waals surface area contributed by atoms with Gasteiger partial charge in [0.05, 0.1) is 0 Å². The fourth-order valence-corrected chi connectivity index (χ4v) is 2.16. The van der Waals surface area contributed by atoms with Gasteiger partial charge in [-0.25, -0.2) is 0 Å². The van der Waals surface area contributed by atoms with E-state index in [1.54, 1.807) is 12.1 Å². The molecule has 0 aliphatic rings. The van der Waals surface area contributed by atoms with Crippen LogP contribution in [0.3, 0.4) is 0 Å². The summed E-state index contributed by atoms with van der Waals surface area (Å²) in [5, 5.41) is 15.4.